The Morgan fingerprint density at radius 2 is 1.94 bits per heavy atom. The van der Waals surface area contributed by atoms with Gasteiger partial charge in [-0.1, -0.05) is 0 Å². The number of carbonyl (C=O) groups is 1. The number of alkyl halides is 3. The summed E-state index contributed by atoms with van der Waals surface area (Å²) in [6.07, 6.45) is -5.17. The van der Waals surface area contributed by atoms with E-state index in [0.717, 1.165) is 0 Å². The van der Waals surface area contributed by atoms with Crippen molar-refractivity contribution in [3.05, 3.63) is 0 Å². The smallest absolute Gasteiger partial charge is 0.394 e. The topological polar surface area (TPSA) is 66.2 Å². The van der Waals surface area contributed by atoms with Gasteiger partial charge in [-0.2, -0.15) is 18.3 Å². The number of halogens is 3. The molecule has 1 aliphatic carbocycles. The molecule has 0 aliphatic heterocycles. The Balaban J connectivity index is 2.84. The van der Waals surface area contributed by atoms with Gasteiger partial charge in [0.2, 0.25) is 0 Å². The summed E-state index contributed by atoms with van der Waals surface area (Å²) in [6, 6.07) is 0. The van der Waals surface area contributed by atoms with Crippen LogP contribution in [0.15, 0.2) is 0 Å². The first-order valence-electron chi connectivity index (χ1n) is 5.41. The summed E-state index contributed by atoms with van der Waals surface area (Å²) in [5, 5.41) is 4.40. The van der Waals surface area contributed by atoms with Crippen LogP contribution in [0.5, 0.6) is 0 Å². The van der Waals surface area contributed by atoms with Crippen molar-refractivity contribution in [3.8, 4) is 0 Å². The lowest BCUT2D eigenvalue weighted by atomic mass is 9.70. The van der Waals surface area contributed by atoms with E-state index in [4.69, 9.17) is 5.14 Å². The zero-order chi connectivity index (χ0) is 13.3. The third-order valence-electron chi connectivity index (χ3n) is 3.44. The number of ketones is 1. The van der Waals surface area contributed by atoms with Crippen molar-refractivity contribution in [1.29, 1.82) is 0 Å². The maximum absolute atomic E-state index is 13.1. The minimum Gasteiger partial charge on any atom is -0.598 e. The fourth-order valence-electron chi connectivity index (χ4n) is 2.24. The fraction of sp³-hybridized carbons (Fsp3) is 0.900. The van der Waals surface area contributed by atoms with Crippen molar-refractivity contribution in [2.45, 2.75) is 50.5 Å². The molecule has 0 spiro atoms. The fourth-order valence-corrected chi connectivity index (χ4v) is 2.73. The average Bonchev–Trinajstić information content (AvgIpc) is 2.19. The van der Waals surface area contributed by atoms with E-state index in [1.54, 1.807) is 0 Å². The first-order valence-corrected chi connectivity index (χ1v) is 6.69. The molecular formula is C10H16F3NO2S. The number of carbonyl (C=O) groups excluding carboxylic acids is 1. The molecule has 0 aromatic carbocycles. The summed E-state index contributed by atoms with van der Waals surface area (Å²) in [5.41, 5.74) is -1.89. The third kappa shape index (κ3) is 3.35. The van der Waals surface area contributed by atoms with E-state index in [1.807, 2.05) is 0 Å². The van der Waals surface area contributed by atoms with Crippen LogP contribution in [0.3, 0.4) is 0 Å². The van der Waals surface area contributed by atoms with Gasteiger partial charge in [-0.05, 0) is 19.8 Å². The van der Waals surface area contributed by atoms with Gasteiger partial charge in [-0.15, -0.1) is 0 Å². The number of hydrogen-bond acceptors (Lipinski definition) is 3. The van der Waals surface area contributed by atoms with Gasteiger partial charge >= 0.3 is 6.18 Å². The summed E-state index contributed by atoms with van der Waals surface area (Å²) in [4.78, 5) is 11.0. The summed E-state index contributed by atoms with van der Waals surface area (Å²) < 4.78 is 50.3. The zero-order valence-corrected chi connectivity index (χ0v) is 10.4. The highest BCUT2D eigenvalue weighted by Crippen LogP contribution is 2.51. The van der Waals surface area contributed by atoms with Crippen LogP contribution in [0.25, 0.3) is 0 Å². The molecule has 100 valence electrons. The van der Waals surface area contributed by atoms with Crippen LogP contribution in [-0.2, 0) is 16.2 Å². The Kier molecular flexibility index (Phi) is 4.49. The van der Waals surface area contributed by atoms with E-state index in [2.05, 4.69) is 0 Å². The van der Waals surface area contributed by atoms with Crippen molar-refractivity contribution in [1.82, 2.24) is 0 Å². The highest BCUT2D eigenvalue weighted by Gasteiger charge is 2.56. The molecule has 0 aromatic heterocycles. The Bertz CT molecular complexity index is 284. The lowest BCUT2D eigenvalue weighted by Gasteiger charge is -2.39. The predicted molar refractivity (Wildman–Crippen MR) is 58.4 cm³/mol. The molecule has 0 saturated heterocycles. The van der Waals surface area contributed by atoms with E-state index in [-0.39, 0.29) is 37.9 Å². The number of nitrogens with two attached hydrogens (primary N) is 1. The van der Waals surface area contributed by atoms with Gasteiger partial charge in [0.15, 0.2) is 0 Å². The van der Waals surface area contributed by atoms with Gasteiger partial charge < -0.3 is 4.55 Å². The Labute approximate surface area is 101 Å². The highest BCUT2D eigenvalue weighted by molar-refractivity contribution is 7.89. The van der Waals surface area contributed by atoms with Gasteiger partial charge in [-0.25, -0.2) is 0 Å². The summed E-state index contributed by atoms with van der Waals surface area (Å²) in [5.74, 6) is -0.133. The second kappa shape index (κ2) is 5.16. The normalized spacial score (nSPS) is 24.5. The molecule has 17 heavy (non-hydrogen) atoms. The van der Waals surface area contributed by atoms with Crippen LogP contribution in [0.4, 0.5) is 13.2 Å². The van der Waals surface area contributed by atoms with Crippen molar-refractivity contribution < 1.29 is 22.5 Å². The second-order valence-corrected chi connectivity index (χ2v) is 6.12. The van der Waals surface area contributed by atoms with Crippen LogP contribution < -0.4 is 5.14 Å². The maximum atomic E-state index is 13.1. The average molecular weight is 271 g/mol. The molecule has 0 amide bonds. The molecule has 1 saturated carbocycles. The van der Waals surface area contributed by atoms with E-state index < -0.39 is 28.2 Å². The van der Waals surface area contributed by atoms with E-state index in [0.29, 0.717) is 0 Å². The molecule has 2 unspecified atom stereocenters. The van der Waals surface area contributed by atoms with Crippen LogP contribution in [-0.4, -0.2) is 21.8 Å². The van der Waals surface area contributed by atoms with Crippen LogP contribution in [0, 0.1) is 5.41 Å². The largest absolute Gasteiger partial charge is 0.598 e. The van der Waals surface area contributed by atoms with Crippen molar-refractivity contribution in [3.63, 3.8) is 0 Å². The number of rotatable bonds is 3. The standard InChI is InChI=1S/C10H16F3NO2S/c1-7(17(14)16)6-9(10(11,12)13)4-2-8(15)3-5-9/h7H,2-6,14H2,1H3. The molecule has 0 radical (unpaired) electrons. The van der Waals surface area contributed by atoms with Crippen LogP contribution >= 0.6 is 0 Å². The van der Waals surface area contributed by atoms with Gasteiger partial charge in [0, 0.05) is 30.6 Å². The van der Waals surface area contributed by atoms with Gasteiger partial charge in [0.25, 0.3) is 0 Å². The van der Waals surface area contributed by atoms with E-state index in [9.17, 15) is 22.5 Å². The maximum Gasteiger partial charge on any atom is 0.394 e. The number of hydrogen-bond donors (Lipinski definition) is 1. The molecule has 1 fully saturated rings. The first-order chi connectivity index (χ1) is 7.68. The number of Topliss-reactive ketones (excluding diaryl/α,β-unsaturated/α-hetero) is 1. The minimum atomic E-state index is -4.37. The van der Waals surface area contributed by atoms with Crippen LogP contribution in [0.2, 0.25) is 0 Å². The first kappa shape index (κ1) is 14.8. The van der Waals surface area contributed by atoms with Crippen molar-refractivity contribution in [2.75, 3.05) is 0 Å². The molecule has 0 bridgehead atoms. The zero-order valence-electron chi connectivity index (χ0n) is 9.55. The monoisotopic (exact) mass is 271 g/mol. The Morgan fingerprint density at radius 3 is 2.29 bits per heavy atom. The lowest BCUT2D eigenvalue weighted by Crippen LogP contribution is -2.45. The molecule has 7 heteroatoms. The van der Waals surface area contributed by atoms with Crippen LogP contribution in [0.1, 0.15) is 39.0 Å². The van der Waals surface area contributed by atoms with Gasteiger partial charge in [0.05, 0.1) is 5.41 Å². The van der Waals surface area contributed by atoms with Crippen molar-refractivity contribution >= 4 is 17.1 Å². The molecule has 1 rings (SSSR count). The molecule has 0 heterocycles. The predicted octanol–water partition coefficient (Wildman–Crippen LogP) is 2.08. The molecular weight excluding hydrogens is 255 g/mol. The molecule has 0 aromatic rings. The summed E-state index contributed by atoms with van der Waals surface area (Å²) >= 11 is -1.77. The van der Waals surface area contributed by atoms with Gasteiger partial charge in [0.1, 0.15) is 11.0 Å². The lowest BCUT2D eigenvalue weighted by molar-refractivity contribution is -0.235. The minimum absolute atomic E-state index is 0.0521. The summed E-state index contributed by atoms with van der Waals surface area (Å²) in [6.45, 7) is 1.44. The van der Waals surface area contributed by atoms with Crippen molar-refractivity contribution in [2.24, 2.45) is 10.6 Å². The van der Waals surface area contributed by atoms with Gasteiger partial charge in [-0.3, -0.25) is 4.79 Å². The second-order valence-electron chi connectivity index (χ2n) is 4.66. The van der Waals surface area contributed by atoms with E-state index in [1.165, 1.54) is 6.92 Å². The Morgan fingerprint density at radius 1 is 1.47 bits per heavy atom. The summed E-state index contributed by atoms with van der Waals surface area (Å²) in [7, 11) is 0. The molecule has 2 N–H and O–H groups in total. The van der Waals surface area contributed by atoms with E-state index >= 15 is 0 Å². The molecule has 1 aliphatic rings. The molecule has 3 nitrogen and oxygen atoms in total. The molecule has 2 atom stereocenters. The quantitative estimate of drug-likeness (QED) is 0.799. The third-order valence-corrected chi connectivity index (χ3v) is 4.40. The SMILES string of the molecule is CC(CC1(C(F)(F)F)CCC(=O)CC1)[S+](N)[O-]. The highest BCUT2D eigenvalue weighted by atomic mass is 32.2. The Hall–Kier alpha value is -0.270.